The fourth-order valence-electron chi connectivity index (χ4n) is 3.34. The molecule has 8 heteroatoms. The van der Waals surface area contributed by atoms with Crippen molar-refractivity contribution >= 4 is 23.4 Å². The number of aromatic nitrogens is 1. The average Bonchev–Trinajstić information content (AvgIpc) is 2.64. The van der Waals surface area contributed by atoms with Crippen LogP contribution in [0.5, 0.6) is 0 Å². The number of nitrogens with zero attached hydrogens (tertiary/aromatic N) is 1. The highest BCUT2D eigenvalue weighted by atomic mass is 19.1. The number of aliphatic hydroxyl groups excluding tert-OH is 1. The molecule has 1 atom stereocenters. The van der Waals surface area contributed by atoms with Gasteiger partial charge in [0.05, 0.1) is 6.20 Å². The molecule has 2 aromatic rings. The predicted octanol–water partition coefficient (Wildman–Crippen LogP) is 2.35. The highest BCUT2D eigenvalue weighted by Gasteiger charge is 2.36. The molecule has 1 heterocycles. The largest absolute Gasteiger partial charge is 0.506 e. The van der Waals surface area contributed by atoms with Crippen molar-refractivity contribution in [1.29, 1.82) is 0 Å². The molecule has 1 aliphatic carbocycles. The normalized spacial score (nSPS) is 16.0. The molecular weight excluding hydrogens is 367 g/mol. The van der Waals surface area contributed by atoms with E-state index in [0.29, 0.717) is 27.8 Å². The Balaban J connectivity index is 2.17. The van der Waals surface area contributed by atoms with E-state index < -0.39 is 47.3 Å². The molecule has 1 aromatic carbocycles. The number of aliphatic hydroxyl groups is 1. The van der Waals surface area contributed by atoms with Gasteiger partial charge in [0.25, 0.3) is 5.91 Å². The number of ketones is 1. The molecular formula is C20H17FN2O5. The molecule has 28 heavy (non-hydrogen) atoms. The van der Waals surface area contributed by atoms with Crippen LogP contribution >= 0.6 is 0 Å². The lowest BCUT2D eigenvalue weighted by atomic mass is 9.78. The van der Waals surface area contributed by atoms with Crippen molar-refractivity contribution in [3.63, 3.8) is 0 Å². The number of fused-ring (bicyclic) bond motifs is 1. The van der Waals surface area contributed by atoms with Gasteiger partial charge in [-0.05, 0) is 29.7 Å². The molecule has 0 aliphatic heterocycles. The lowest BCUT2D eigenvalue weighted by Crippen LogP contribution is -2.36. The summed E-state index contributed by atoms with van der Waals surface area (Å²) in [6.07, 6.45) is 2.54. The summed E-state index contributed by atoms with van der Waals surface area (Å²) in [5, 5.41) is 21.5. The fraction of sp³-hybridized carbons (Fsp3) is 0.200. The summed E-state index contributed by atoms with van der Waals surface area (Å²) >= 11 is 0. The molecule has 0 saturated carbocycles. The zero-order valence-corrected chi connectivity index (χ0v) is 15.1. The molecule has 0 saturated heterocycles. The first-order chi connectivity index (χ1) is 13.2. The number of benzene rings is 1. The van der Waals surface area contributed by atoms with Crippen molar-refractivity contribution < 1.29 is 29.0 Å². The van der Waals surface area contributed by atoms with Crippen molar-refractivity contribution in [2.45, 2.75) is 19.8 Å². The monoisotopic (exact) mass is 384 g/mol. The summed E-state index contributed by atoms with van der Waals surface area (Å²) in [6.45, 7) is 2.60. The third-order valence-electron chi connectivity index (χ3n) is 4.72. The van der Waals surface area contributed by atoms with E-state index in [9.17, 15) is 23.9 Å². The molecule has 3 N–H and O–H groups in total. The third-order valence-corrected chi connectivity index (χ3v) is 4.72. The van der Waals surface area contributed by atoms with Gasteiger partial charge in [0, 0.05) is 23.2 Å². The van der Waals surface area contributed by atoms with Gasteiger partial charge in [0.2, 0.25) is 0 Å². The molecule has 1 aromatic heterocycles. The number of halogens is 1. The zero-order chi connectivity index (χ0) is 20.6. The Morgan fingerprint density at radius 1 is 1.29 bits per heavy atom. The van der Waals surface area contributed by atoms with Gasteiger partial charge in [-0.3, -0.25) is 19.4 Å². The van der Waals surface area contributed by atoms with Crippen LogP contribution in [0.1, 0.15) is 29.5 Å². The summed E-state index contributed by atoms with van der Waals surface area (Å²) in [4.78, 5) is 39.4. The van der Waals surface area contributed by atoms with Crippen LogP contribution in [0.25, 0.3) is 16.9 Å². The Labute approximate surface area is 159 Å². The van der Waals surface area contributed by atoms with Crippen LogP contribution in [0.4, 0.5) is 4.39 Å². The number of nitrogens with one attached hydrogen (secondary N) is 1. The molecule has 0 bridgehead atoms. The molecule has 1 aliphatic rings. The highest BCUT2D eigenvalue weighted by Crippen LogP contribution is 2.40. The Bertz CT molecular complexity index is 1040. The lowest BCUT2D eigenvalue weighted by Gasteiger charge is -2.26. The number of carbonyl (C=O) groups excluding carboxylic acids is 2. The van der Waals surface area contributed by atoms with Crippen LogP contribution in [0, 0.1) is 12.7 Å². The number of carboxylic acid groups (broad SMARTS) is 1. The highest BCUT2D eigenvalue weighted by molar-refractivity contribution is 6.27. The number of aliphatic carboxylic acids is 1. The Hall–Kier alpha value is -3.55. The molecule has 0 radical (unpaired) electrons. The first-order valence-corrected chi connectivity index (χ1v) is 8.44. The van der Waals surface area contributed by atoms with Crippen LogP contribution in [-0.4, -0.2) is 39.4 Å². The minimum absolute atomic E-state index is 0.300. The fourth-order valence-corrected chi connectivity index (χ4v) is 3.34. The van der Waals surface area contributed by atoms with Crippen LogP contribution in [0.2, 0.25) is 0 Å². The van der Waals surface area contributed by atoms with Gasteiger partial charge < -0.3 is 15.5 Å². The van der Waals surface area contributed by atoms with E-state index in [2.05, 4.69) is 10.3 Å². The van der Waals surface area contributed by atoms with Gasteiger partial charge in [-0.25, -0.2) is 4.39 Å². The molecule has 1 unspecified atom stereocenters. The number of pyridine rings is 1. The third kappa shape index (κ3) is 3.24. The summed E-state index contributed by atoms with van der Waals surface area (Å²) in [5.74, 6) is -4.60. The molecule has 1 amide bonds. The van der Waals surface area contributed by atoms with Crippen LogP contribution in [-0.2, 0) is 14.4 Å². The van der Waals surface area contributed by atoms with Gasteiger partial charge in [0.15, 0.2) is 5.78 Å². The first kappa shape index (κ1) is 19.2. The summed E-state index contributed by atoms with van der Waals surface area (Å²) < 4.78 is 13.6. The van der Waals surface area contributed by atoms with Crippen molar-refractivity contribution in [3.8, 4) is 11.1 Å². The van der Waals surface area contributed by atoms with Gasteiger partial charge in [0.1, 0.15) is 23.7 Å². The number of carbonyl (C=O) groups is 3. The lowest BCUT2D eigenvalue weighted by molar-refractivity contribution is -0.137. The average molecular weight is 384 g/mol. The van der Waals surface area contributed by atoms with E-state index in [1.807, 2.05) is 0 Å². The van der Waals surface area contributed by atoms with Gasteiger partial charge >= 0.3 is 5.97 Å². The molecule has 0 spiro atoms. The Kier molecular flexibility index (Phi) is 4.96. The number of hydrogen-bond acceptors (Lipinski definition) is 5. The summed E-state index contributed by atoms with van der Waals surface area (Å²) in [7, 11) is 0. The second-order valence-corrected chi connectivity index (χ2v) is 6.48. The van der Waals surface area contributed by atoms with E-state index in [1.165, 1.54) is 12.3 Å². The number of rotatable bonds is 4. The van der Waals surface area contributed by atoms with Crippen molar-refractivity contribution in [3.05, 3.63) is 58.7 Å². The van der Waals surface area contributed by atoms with Crippen molar-refractivity contribution in [2.75, 3.05) is 6.54 Å². The molecule has 7 nitrogen and oxygen atoms in total. The van der Waals surface area contributed by atoms with Crippen molar-refractivity contribution in [2.24, 2.45) is 0 Å². The standard InChI is InChI=1S/C20H17FN2O5/c1-9-13(11-5-12(21)7-22-6-11)3-4-14-10(2)18(26)17(19(27)16(9)14)20(28)23-8-15(24)25/h3-7,10,27H,8H2,1-2H3,(H,23,28)(H,24,25). The molecule has 3 rings (SSSR count). The maximum Gasteiger partial charge on any atom is 0.322 e. The number of Topliss-reactive ketones (excluding diaryl/α,β-unsaturated/α-hetero) is 1. The minimum Gasteiger partial charge on any atom is -0.506 e. The van der Waals surface area contributed by atoms with Crippen LogP contribution in [0.15, 0.2) is 36.2 Å². The Morgan fingerprint density at radius 2 is 2.00 bits per heavy atom. The van der Waals surface area contributed by atoms with Crippen LogP contribution in [0.3, 0.4) is 0 Å². The predicted molar refractivity (Wildman–Crippen MR) is 98.0 cm³/mol. The van der Waals surface area contributed by atoms with E-state index in [0.717, 1.165) is 6.20 Å². The van der Waals surface area contributed by atoms with Crippen LogP contribution < -0.4 is 5.32 Å². The smallest absolute Gasteiger partial charge is 0.322 e. The van der Waals surface area contributed by atoms with Gasteiger partial charge in [-0.2, -0.15) is 0 Å². The summed E-state index contributed by atoms with van der Waals surface area (Å²) in [6, 6.07) is 4.64. The number of carboxylic acids is 1. The molecule has 0 fully saturated rings. The maximum absolute atomic E-state index is 13.6. The van der Waals surface area contributed by atoms with E-state index in [-0.39, 0.29) is 0 Å². The first-order valence-electron chi connectivity index (χ1n) is 8.44. The zero-order valence-electron chi connectivity index (χ0n) is 15.1. The number of hydrogen-bond donors (Lipinski definition) is 3. The van der Waals surface area contributed by atoms with E-state index in [1.54, 1.807) is 26.0 Å². The van der Waals surface area contributed by atoms with Crippen molar-refractivity contribution in [1.82, 2.24) is 10.3 Å². The van der Waals surface area contributed by atoms with Gasteiger partial charge in [-0.1, -0.05) is 19.1 Å². The topological polar surface area (TPSA) is 117 Å². The Morgan fingerprint density at radius 3 is 2.64 bits per heavy atom. The maximum atomic E-state index is 13.6. The molecule has 144 valence electrons. The minimum atomic E-state index is -1.28. The SMILES string of the molecule is Cc1c(-c2cncc(F)c2)ccc2c1C(O)=C(C(=O)NCC(=O)O)C(=O)C2C. The van der Waals surface area contributed by atoms with E-state index >= 15 is 0 Å². The summed E-state index contributed by atoms with van der Waals surface area (Å²) in [5.41, 5.74) is 1.96. The van der Waals surface area contributed by atoms with Gasteiger partial charge in [-0.15, -0.1) is 0 Å². The second-order valence-electron chi connectivity index (χ2n) is 6.48. The second kappa shape index (κ2) is 7.22. The quantitative estimate of drug-likeness (QED) is 0.697. The number of amides is 1. The van der Waals surface area contributed by atoms with E-state index in [4.69, 9.17) is 5.11 Å².